The first-order valence-corrected chi connectivity index (χ1v) is 11.4. The molecule has 180 valence electrons. The Hall–Kier alpha value is -3.99. The van der Waals surface area contributed by atoms with Crippen LogP contribution in [0.4, 0.5) is 10.1 Å². The number of fused-ring (bicyclic) bond motifs is 1. The van der Waals surface area contributed by atoms with Crippen molar-refractivity contribution >= 4 is 22.6 Å². The zero-order valence-corrected chi connectivity index (χ0v) is 18.7. The van der Waals surface area contributed by atoms with E-state index in [1.54, 1.807) is 24.5 Å². The second kappa shape index (κ2) is 8.35. The number of aromatic nitrogens is 3. The van der Waals surface area contributed by atoms with Gasteiger partial charge in [0, 0.05) is 43.8 Å². The van der Waals surface area contributed by atoms with Crippen molar-refractivity contribution in [2.45, 2.75) is 25.4 Å². The Bertz CT molecular complexity index is 1470. The van der Waals surface area contributed by atoms with E-state index in [0.29, 0.717) is 61.5 Å². The lowest BCUT2D eigenvalue weighted by atomic mass is 10.1. The summed E-state index contributed by atoms with van der Waals surface area (Å²) in [4.78, 5) is 28.3. The minimum absolute atomic E-state index is 0.0976. The van der Waals surface area contributed by atoms with Crippen molar-refractivity contribution in [2.75, 3.05) is 31.1 Å². The lowest BCUT2D eigenvalue weighted by molar-refractivity contribution is 0.0695. The van der Waals surface area contributed by atoms with E-state index in [1.807, 2.05) is 9.47 Å². The van der Waals surface area contributed by atoms with E-state index >= 15 is 4.39 Å². The number of carboxylic acids is 1. The molecule has 1 aliphatic heterocycles. The van der Waals surface area contributed by atoms with Crippen molar-refractivity contribution in [3.8, 4) is 11.7 Å². The highest BCUT2D eigenvalue weighted by Crippen LogP contribution is 2.38. The van der Waals surface area contributed by atoms with Crippen LogP contribution in [0.1, 0.15) is 35.1 Å². The van der Waals surface area contributed by atoms with Gasteiger partial charge < -0.3 is 23.4 Å². The number of anilines is 1. The molecule has 2 fully saturated rings. The Morgan fingerprint density at radius 3 is 2.66 bits per heavy atom. The van der Waals surface area contributed by atoms with Gasteiger partial charge >= 0.3 is 5.97 Å². The molecule has 0 amide bonds. The minimum Gasteiger partial charge on any atom is -0.477 e. The Labute approximate surface area is 198 Å². The van der Waals surface area contributed by atoms with Crippen molar-refractivity contribution in [3.63, 3.8) is 0 Å². The van der Waals surface area contributed by atoms with Crippen LogP contribution in [0.5, 0.6) is 0 Å². The van der Waals surface area contributed by atoms with E-state index in [9.17, 15) is 14.7 Å². The summed E-state index contributed by atoms with van der Waals surface area (Å²) in [6, 6.07) is 6.49. The van der Waals surface area contributed by atoms with E-state index in [0.717, 1.165) is 12.8 Å². The van der Waals surface area contributed by atoms with Crippen LogP contribution in [0.3, 0.4) is 0 Å². The van der Waals surface area contributed by atoms with E-state index in [4.69, 9.17) is 8.83 Å². The van der Waals surface area contributed by atoms with Crippen LogP contribution in [0.2, 0.25) is 0 Å². The van der Waals surface area contributed by atoms with Gasteiger partial charge in [-0.15, -0.1) is 10.2 Å². The third kappa shape index (κ3) is 3.97. The van der Waals surface area contributed by atoms with Crippen LogP contribution in [0, 0.1) is 5.82 Å². The van der Waals surface area contributed by atoms with Gasteiger partial charge in [-0.05, 0) is 37.1 Å². The maximum Gasteiger partial charge on any atom is 0.341 e. The number of rotatable bonds is 6. The van der Waals surface area contributed by atoms with Gasteiger partial charge in [-0.2, -0.15) is 0 Å². The van der Waals surface area contributed by atoms with Crippen LogP contribution in [-0.4, -0.2) is 56.9 Å². The molecular weight excluding hydrogens is 457 g/mol. The van der Waals surface area contributed by atoms with E-state index in [2.05, 4.69) is 15.1 Å². The Kier molecular flexibility index (Phi) is 5.14. The van der Waals surface area contributed by atoms with Crippen LogP contribution in [0.25, 0.3) is 22.6 Å². The zero-order chi connectivity index (χ0) is 24.1. The third-order valence-electron chi connectivity index (χ3n) is 6.54. The van der Waals surface area contributed by atoms with Gasteiger partial charge in [0.15, 0.2) is 5.76 Å². The fourth-order valence-electron chi connectivity index (χ4n) is 4.56. The summed E-state index contributed by atoms with van der Waals surface area (Å²) in [5.74, 6) is -0.517. The smallest absolute Gasteiger partial charge is 0.341 e. The molecule has 10 nitrogen and oxygen atoms in total. The molecule has 1 saturated carbocycles. The molecule has 0 bridgehead atoms. The summed E-state index contributed by atoms with van der Waals surface area (Å²) in [5, 5.41) is 17.6. The summed E-state index contributed by atoms with van der Waals surface area (Å²) in [6.07, 6.45) is 4.74. The van der Waals surface area contributed by atoms with E-state index in [1.165, 1.54) is 12.3 Å². The summed E-state index contributed by atoms with van der Waals surface area (Å²) in [6.45, 7) is 2.93. The first-order chi connectivity index (χ1) is 17.0. The average Bonchev–Trinajstić information content (AvgIpc) is 3.33. The monoisotopic (exact) mass is 479 g/mol. The molecule has 1 aromatic carbocycles. The number of pyridine rings is 1. The molecule has 0 atom stereocenters. The molecule has 0 unspecified atom stereocenters. The Morgan fingerprint density at radius 2 is 1.97 bits per heavy atom. The number of hydrogen-bond acceptors (Lipinski definition) is 8. The van der Waals surface area contributed by atoms with Gasteiger partial charge in [0.25, 0.3) is 5.89 Å². The molecule has 2 aliphatic rings. The van der Waals surface area contributed by atoms with Gasteiger partial charge in [0.05, 0.1) is 24.0 Å². The van der Waals surface area contributed by atoms with Gasteiger partial charge in [0.1, 0.15) is 11.4 Å². The van der Waals surface area contributed by atoms with Crippen molar-refractivity contribution < 1.29 is 23.1 Å². The molecule has 35 heavy (non-hydrogen) atoms. The number of hydrogen-bond donors (Lipinski definition) is 1. The van der Waals surface area contributed by atoms with Crippen LogP contribution >= 0.6 is 0 Å². The number of aromatic carboxylic acids is 1. The summed E-state index contributed by atoms with van der Waals surface area (Å²) < 4.78 is 27.9. The predicted octanol–water partition coefficient (Wildman–Crippen LogP) is 3.14. The van der Waals surface area contributed by atoms with E-state index in [-0.39, 0.29) is 17.0 Å². The van der Waals surface area contributed by atoms with Gasteiger partial charge in [-0.1, -0.05) is 0 Å². The third-order valence-corrected chi connectivity index (χ3v) is 6.54. The van der Waals surface area contributed by atoms with Crippen molar-refractivity contribution in [2.24, 2.45) is 0 Å². The number of benzene rings is 1. The molecule has 1 N–H and O–H groups in total. The highest BCUT2D eigenvalue weighted by atomic mass is 19.1. The zero-order valence-electron chi connectivity index (χ0n) is 18.7. The quantitative estimate of drug-likeness (QED) is 0.445. The molecule has 3 aromatic heterocycles. The van der Waals surface area contributed by atoms with Gasteiger partial charge in [-0.25, -0.2) is 9.18 Å². The molecule has 6 rings (SSSR count). The molecule has 0 radical (unpaired) electrons. The summed E-state index contributed by atoms with van der Waals surface area (Å²) in [5.41, 5.74) is -0.0147. The van der Waals surface area contributed by atoms with Crippen molar-refractivity contribution in [1.82, 2.24) is 19.7 Å². The van der Waals surface area contributed by atoms with Crippen LogP contribution in [0.15, 0.2) is 50.4 Å². The maximum absolute atomic E-state index is 15.2. The number of carboxylic acid groups (broad SMARTS) is 1. The topological polar surface area (TPSA) is 118 Å². The predicted molar refractivity (Wildman–Crippen MR) is 123 cm³/mol. The number of nitrogens with zero attached hydrogens (tertiary/aromatic N) is 5. The minimum atomic E-state index is -1.30. The second-order valence-electron chi connectivity index (χ2n) is 8.88. The molecule has 11 heteroatoms. The number of carbonyl (C=O) groups is 1. The lowest BCUT2D eigenvalue weighted by Gasteiger charge is -2.35. The number of furan rings is 1. The molecule has 1 aliphatic carbocycles. The van der Waals surface area contributed by atoms with Crippen molar-refractivity contribution in [1.29, 1.82) is 0 Å². The maximum atomic E-state index is 15.2. The van der Waals surface area contributed by atoms with Crippen LogP contribution < -0.4 is 10.3 Å². The summed E-state index contributed by atoms with van der Waals surface area (Å²) >= 11 is 0. The number of halogens is 1. The highest BCUT2D eigenvalue weighted by molar-refractivity contribution is 5.93. The van der Waals surface area contributed by atoms with E-state index < -0.39 is 17.2 Å². The largest absolute Gasteiger partial charge is 0.477 e. The first-order valence-electron chi connectivity index (χ1n) is 11.4. The molecular formula is C24H22FN5O5. The fraction of sp³-hybridized carbons (Fsp3) is 0.333. The van der Waals surface area contributed by atoms with Crippen molar-refractivity contribution in [3.05, 3.63) is 64.2 Å². The van der Waals surface area contributed by atoms with Gasteiger partial charge in [-0.3, -0.25) is 9.69 Å². The fourth-order valence-corrected chi connectivity index (χ4v) is 4.56. The SMILES string of the molecule is O=C(O)c1cn(C2CC2)c2cc(N3CCN(Cc4nnc(-c5ccco5)o4)CC3)c(F)cc2c1=O. The second-order valence-corrected chi connectivity index (χ2v) is 8.88. The average molecular weight is 479 g/mol. The molecule has 4 heterocycles. The molecule has 0 spiro atoms. The molecule has 4 aromatic rings. The summed E-state index contributed by atoms with van der Waals surface area (Å²) in [7, 11) is 0. The Morgan fingerprint density at radius 1 is 1.17 bits per heavy atom. The lowest BCUT2D eigenvalue weighted by Crippen LogP contribution is -2.46. The highest BCUT2D eigenvalue weighted by Gasteiger charge is 2.28. The normalized spacial score (nSPS) is 16.8. The molecule has 1 saturated heterocycles. The van der Waals surface area contributed by atoms with Crippen LogP contribution in [-0.2, 0) is 6.54 Å². The standard InChI is InChI=1S/C24H22FN5O5/c25-17-10-15-18(30(14-3-4-14)12-16(22(15)31)24(32)33)11-19(17)29-7-5-28(6-8-29)13-21-26-27-23(35-21)20-2-1-9-34-20/h1-2,9-12,14H,3-8,13H2,(H,32,33). The van der Waals surface area contributed by atoms with Gasteiger partial charge in [0.2, 0.25) is 11.3 Å². The first kappa shape index (κ1) is 21.5. The Balaban J connectivity index is 1.22. The number of piperazine rings is 1.